The fraction of sp³-hybridized carbons (Fsp3) is 0.600. The second kappa shape index (κ2) is 5.24. The highest BCUT2D eigenvalue weighted by atomic mass is 32.2. The number of hydrogen-bond donors (Lipinski definition) is 0. The zero-order valence-electron chi connectivity index (χ0n) is 11.3. The Hall–Kier alpha value is -0.510. The zero-order chi connectivity index (χ0) is 12.5. The lowest BCUT2D eigenvalue weighted by Gasteiger charge is -2.38. The summed E-state index contributed by atoms with van der Waals surface area (Å²) >= 11 is 2.03. The molecule has 2 nitrogen and oxygen atoms in total. The topological polar surface area (TPSA) is 6.48 Å². The normalized spacial score (nSPS) is 29.4. The van der Waals surface area contributed by atoms with Crippen molar-refractivity contribution in [2.75, 3.05) is 39.0 Å². The molecule has 2 atom stereocenters. The third-order valence-electron chi connectivity index (χ3n) is 4.32. The minimum absolute atomic E-state index is 0.697. The van der Waals surface area contributed by atoms with Gasteiger partial charge in [0.05, 0.1) is 0 Å². The van der Waals surface area contributed by atoms with Crippen LogP contribution in [0.4, 0.5) is 0 Å². The van der Waals surface area contributed by atoms with Gasteiger partial charge in [0, 0.05) is 48.8 Å². The van der Waals surface area contributed by atoms with E-state index in [-0.39, 0.29) is 0 Å². The Balaban J connectivity index is 1.65. The van der Waals surface area contributed by atoms with E-state index in [1.54, 1.807) is 5.56 Å². The Kier molecular flexibility index (Phi) is 3.64. The lowest BCUT2D eigenvalue weighted by molar-refractivity contribution is 0.102. The molecule has 0 amide bonds. The molecular weight excluding hydrogens is 240 g/mol. The quantitative estimate of drug-likeness (QED) is 0.808. The van der Waals surface area contributed by atoms with Crippen LogP contribution in [0.2, 0.25) is 0 Å². The summed E-state index contributed by atoms with van der Waals surface area (Å²) in [5.41, 5.74) is 1.58. The van der Waals surface area contributed by atoms with E-state index in [1.165, 1.54) is 36.8 Å². The molecule has 0 spiro atoms. The minimum Gasteiger partial charge on any atom is -0.301 e. The molecule has 1 fully saturated rings. The van der Waals surface area contributed by atoms with Gasteiger partial charge in [-0.15, -0.1) is 11.8 Å². The van der Waals surface area contributed by atoms with Crippen molar-refractivity contribution in [3.63, 3.8) is 0 Å². The lowest BCUT2D eigenvalue weighted by Crippen LogP contribution is -2.50. The summed E-state index contributed by atoms with van der Waals surface area (Å²) in [6, 6.07) is 9.63. The fourth-order valence-corrected chi connectivity index (χ4v) is 4.22. The predicted molar refractivity (Wildman–Crippen MR) is 78.4 cm³/mol. The average Bonchev–Trinajstić information content (AvgIpc) is 2.78. The molecule has 18 heavy (non-hydrogen) atoms. The number of hydrogen-bond acceptors (Lipinski definition) is 3. The molecule has 2 aliphatic rings. The van der Waals surface area contributed by atoms with Crippen LogP contribution in [-0.4, -0.2) is 54.8 Å². The van der Waals surface area contributed by atoms with Gasteiger partial charge >= 0.3 is 0 Å². The van der Waals surface area contributed by atoms with E-state index in [0.717, 1.165) is 5.92 Å². The number of benzene rings is 1. The van der Waals surface area contributed by atoms with Crippen molar-refractivity contribution >= 4 is 11.8 Å². The van der Waals surface area contributed by atoms with Crippen molar-refractivity contribution in [2.24, 2.45) is 0 Å². The van der Waals surface area contributed by atoms with Crippen LogP contribution in [0.1, 0.15) is 18.4 Å². The second-order valence-electron chi connectivity index (χ2n) is 5.63. The summed E-state index contributed by atoms with van der Waals surface area (Å²) in [5.74, 6) is 2.00. The Morgan fingerprint density at radius 3 is 2.94 bits per heavy atom. The van der Waals surface area contributed by atoms with Crippen LogP contribution in [0, 0.1) is 0 Å². The van der Waals surface area contributed by atoms with E-state index < -0.39 is 0 Å². The first kappa shape index (κ1) is 12.5. The molecule has 0 N–H and O–H groups in total. The number of nitrogens with zero attached hydrogens (tertiary/aromatic N) is 2. The van der Waals surface area contributed by atoms with E-state index in [1.807, 2.05) is 11.8 Å². The third-order valence-corrected chi connectivity index (χ3v) is 5.57. The van der Waals surface area contributed by atoms with Crippen LogP contribution in [0.15, 0.2) is 29.2 Å². The van der Waals surface area contributed by atoms with Crippen molar-refractivity contribution < 1.29 is 0 Å². The second-order valence-corrected chi connectivity index (χ2v) is 6.70. The molecule has 0 saturated carbocycles. The van der Waals surface area contributed by atoms with E-state index in [0.29, 0.717) is 6.04 Å². The molecule has 2 aliphatic heterocycles. The van der Waals surface area contributed by atoms with E-state index in [9.17, 15) is 0 Å². The van der Waals surface area contributed by atoms with E-state index >= 15 is 0 Å². The van der Waals surface area contributed by atoms with Gasteiger partial charge in [-0.3, -0.25) is 4.90 Å². The number of likely N-dealkylation sites (N-methyl/N-ethyl adjacent to an activating group) is 1. The van der Waals surface area contributed by atoms with Gasteiger partial charge in [0.2, 0.25) is 0 Å². The highest BCUT2D eigenvalue weighted by Crippen LogP contribution is 2.39. The smallest absolute Gasteiger partial charge is 0.0192 e. The summed E-state index contributed by atoms with van der Waals surface area (Å²) in [6.07, 6.45) is 0. The standard InChI is InChI=1S/C15H22N2S/c1-12-9-17(8-7-16(12)2)10-13-11-18-15-6-4-3-5-14(13)15/h3-6,12-13H,7-11H2,1-2H3. The zero-order valence-corrected chi connectivity index (χ0v) is 12.1. The van der Waals surface area contributed by atoms with Crippen molar-refractivity contribution in [1.82, 2.24) is 9.80 Å². The summed E-state index contributed by atoms with van der Waals surface area (Å²) in [7, 11) is 2.24. The van der Waals surface area contributed by atoms with Gasteiger partial charge in [-0.2, -0.15) is 0 Å². The van der Waals surface area contributed by atoms with Crippen molar-refractivity contribution in [2.45, 2.75) is 23.8 Å². The van der Waals surface area contributed by atoms with Gasteiger partial charge in [0.15, 0.2) is 0 Å². The van der Waals surface area contributed by atoms with Gasteiger partial charge in [0.25, 0.3) is 0 Å². The van der Waals surface area contributed by atoms with Crippen LogP contribution in [-0.2, 0) is 0 Å². The molecule has 1 saturated heterocycles. The van der Waals surface area contributed by atoms with Crippen molar-refractivity contribution in [1.29, 1.82) is 0 Å². The SMILES string of the molecule is CC1CN(CC2CSc3ccccc32)CCN1C. The van der Waals surface area contributed by atoms with Crippen LogP contribution in [0.25, 0.3) is 0 Å². The first-order valence-corrected chi connectivity index (χ1v) is 7.87. The summed E-state index contributed by atoms with van der Waals surface area (Å²) < 4.78 is 0. The molecule has 2 heterocycles. The average molecular weight is 262 g/mol. The van der Waals surface area contributed by atoms with Gasteiger partial charge in [0.1, 0.15) is 0 Å². The van der Waals surface area contributed by atoms with Gasteiger partial charge in [-0.05, 0) is 25.6 Å². The number of fused-ring (bicyclic) bond motifs is 1. The molecule has 0 aliphatic carbocycles. The number of rotatable bonds is 2. The monoisotopic (exact) mass is 262 g/mol. The van der Waals surface area contributed by atoms with Crippen molar-refractivity contribution in [3.05, 3.63) is 29.8 Å². The number of piperazine rings is 1. The molecule has 3 rings (SSSR count). The predicted octanol–water partition coefficient (Wildman–Crippen LogP) is 2.51. The molecule has 0 radical (unpaired) electrons. The maximum Gasteiger partial charge on any atom is 0.0192 e. The Morgan fingerprint density at radius 1 is 1.28 bits per heavy atom. The maximum absolute atomic E-state index is 2.65. The molecule has 0 bridgehead atoms. The Bertz CT molecular complexity index is 421. The van der Waals surface area contributed by atoms with Gasteiger partial charge in [-0.1, -0.05) is 18.2 Å². The highest BCUT2D eigenvalue weighted by molar-refractivity contribution is 7.99. The molecule has 98 valence electrons. The van der Waals surface area contributed by atoms with Gasteiger partial charge < -0.3 is 4.90 Å². The van der Waals surface area contributed by atoms with Crippen LogP contribution in [0.5, 0.6) is 0 Å². The molecule has 3 heteroatoms. The van der Waals surface area contributed by atoms with Crippen molar-refractivity contribution in [3.8, 4) is 0 Å². The van der Waals surface area contributed by atoms with Crippen LogP contribution >= 0.6 is 11.8 Å². The summed E-state index contributed by atoms with van der Waals surface area (Å²) in [6.45, 7) is 7.23. The molecule has 1 aromatic rings. The largest absolute Gasteiger partial charge is 0.301 e. The van der Waals surface area contributed by atoms with E-state index in [4.69, 9.17) is 0 Å². The molecule has 2 unspecified atom stereocenters. The third kappa shape index (κ3) is 2.44. The molecule has 0 aromatic heterocycles. The summed E-state index contributed by atoms with van der Waals surface area (Å²) in [4.78, 5) is 6.62. The summed E-state index contributed by atoms with van der Waals surface area (Å²) in [5, 5.41) is 0. The van der Waals surface area contributed by atoms with Crippen LogP contribution < -0.4 is 0 Å². The first-order chi connectivity index (χ1) is 8.74. The number of thioether (sulfide) groups is 1. The van der Waals surface area contributed by atoms with Gasteiger partial charge in [-0.25, -0.2) is 0 Å². The first-order valence-electron chi connectivity index (χ1n) is 6.88. The van der Waals surface area contributed by atoms with E-state index in [2.05, 4.69) is 48.0 Å². The maximum atomic E-state index is 2.65. The molecular formula is C15H22N2S. The lowest BCUT2D eigenvalue weighted by atomic mass is 10.00. The Labute approximate surface area is 114 Å². The highest BCUT2D eigenvalue weighted by Gasteiger charge is 2.27. The fourth-order valence-electron chi connectivity index (χ4n) is 2.98. The molecule has 1 aromatic carbocycles. The Morgan fingerprint density at radius 2 is 2.11 bits per heavy atom. The van der Waals surface area contributed by atoms with Crippen LogP contribution in [0.3, 0.4) is 0 Å². The minimum atomic E-state index is 0.697.